The van der Waals surface area contributed by atoms with E-state index in [2.05, 4.69) is 10.3 Å². The highest BCUT2D eigenvalue weighted by Crippen LogP contribution is 2.19. The predicted octanol–water partition coefficient (Wildman–Crippen LogP) is 2.18. The molecule has 1 aromatic rings. The molecule has 0 unspecified atom stereocenters. The van der Waals surface area contributed by atoms with Gasteiger partial charge >= 0.3 is 0 Å². The molecule has 0 aromatic carbocycles. The van der Waals surface area contributed by atoms with Crippen LogP contribution in [0.25, 0.3) is 0 Å². The molecule has 0 aliphatic rings. The van der Waals surface area contributed by atoms with Gasteiger partial charge in [-0.2, -0.15) is 5.26 Å². The molecule has 1 heterocycles. The molecule has 2 N–H and O–H groups in total. The second-order valence-electron chi connectivity index (χ2n) is 4.16. The van der Waals surface area contributed by atoms with Crippen LogP contribution in [0.1, 0.15) is 25.8 Å². The van der Waals surface area contributed by atoms with Crippen LogP contribution >= 0.6 is 11.6 Å². The first-order chi connectivity index (χ1) is 7.46. The lowest BCUT2D eigenvalue weighted by Crippen LogP contribution is -2.32. The molecule has 0 fully saturated rings. The van der Waals surface area contributed by atoms with Crippen LogP contribution in [-0.4, -0.2) is 22.2 Å². The Morgan fingerprint density at radius 2 is 2.25 bits per heavy atom. The van der Waals surface area contributed by atoms with Gasteiger partial charge in [0.05, 0.1) is 11.6 Å². The summed E-state index contributed by atoms with van der Waals surface area (Å²) in [6.45, 7) is 3.97. The number of nitrogens with one attached hydrogen (secondary N) is 1. The Labute approximate surface area is 99.9 Å². The first-order valence-electron chi connectivity index (χ1n) is 4.93. The molecule has 0 spiro atoms. The van der Waals surface area contributed by atoms with Crippen LogP contribution < -0.4 is 5.32 Å². The number of hydrogen-bond acceptors (Lipinski definition) is 4. The van der Waals surface area contributed by atoms with Crippen molar-refractivity contribution in [3.8, 4) is 6.07 Å². The largest absolute Gasteiger partial charge is 0.396 e. The van der Waals surface area contributed by atoms with Crippen molar-refractivity contribution in [1.29, 1.82) is 5.26 Å². The summed E-state index contributed by atoms with van der Waals surface area (Å²) in [5, 5.41) is 21.1. The summed E-state index contributed by atoms with van der Waals surface area (Å²) in [5.41, 5.74) is 0.168. The number of aromatic nitrogens is 1. The van der Waals surface area contributed by atoms with E-state index >= 15 is 0 Å². The minimum atomic E-state index is -0.293. The van der Waals surface area contributed by atoms with E-state index in [1.165, 1.54) is 6.07 Å². The van der Waals surface area contributed by atoms with Crippen LogP contribution in [0.2, 0.25) is 5.15 Å². The minimum Gasteiger partial charge on any atom is -0.396 e. The quantitative estimate of drug-likeness (QED) is 0.791. The van der Waals surface area contributed by atoms with Crippen molar-refractivity contribution in [3.05, 3.63) is 22.8 Å². The summed E-state index contributed by atoms with van der Waals surface area (Å²) in [6.07, 6.45) is 0.586. The number of aliphatic hydroxyl groups is 1. The Morgan fingerprint density at radius 3 is 2.81 bits per heavy atom. The molecule has 16 heavy (non-hydrogen) atoms. The van der Waals surface area contributed by atoms with Crippen molar-refractivity contribution in [1.82, 2.24) is 4.98 Å². The molecule has 0 atom stereocenters. The van der Waals surface area contributed by atoms with Gasteiger partial charge in [-0.25, -0.2) is 4.98 Å². The van der Waals surface area contributed by atoms with Crippen molar-refractivity contribution < 1.29 is 5.11 Å². The first-order valence-corrected chi connectivity index (χ1v) is 5.31. The number of rotatable bonds is 4. The maximum absolute atomic E-state index is 8.90. The summed E-state index contributed by atoms with van der Waals surface area (Å²) in [7, 11) is 0. The van der Waals surface area contributed by atoms with E-state index in [9.17, 15) is 0 Å². The fourth-order valence-corrected chi connectivity index (χ4v) is 1.52. The summed E-state index contributed by atoms with van der Waals surface area (Å²) >= 11 is 5.78. The molecule has 5 heteroatoms. The average molecular weight is 240 g/mol. The van der Waals surface area contributed by atoms with Gasteiger partial charge in [0, 0.05) is 12.1 Å². The fraction of sp³-hybridized carbons (Fsp3) is 0.455. The normalized spacial score (nSPS) is 10.9. The zero-order valence-corrected chi connectivity index (χ0v) is 10.0. The van der Waals surface area contributed by atoms with Crippen LogP contribution in [0, 0.1) is 11.3 Å². The predicted molar refractivity (Wildman–Crippen MR) is 63.4 cm³/mol. The number of hydrogen-bond donors (Lipinski definition) is 2. The van der Waals surface area contributed by atoms with Gasteiger partial charge in [0.2, 0.25) is 0 Å². The van der Waals surface area contributed by atoms with E-state index in [0.717, 1.165) is 0 Å². The second-order valence-corrected chi connectivity index (χ2v) is 4.55. The van der Waals surface area contributed by atoms with Crippen molar-refractivity contribution >= 4 is 17.4 Å². The smallest absolute Gasteiger partial charge is 0.132 e. The van der Waals surface area contributed by atoms with Crippen molar-refractivity contribution in [2.75, 3.05) is 11.9 Å². The van der Waals surface area contributed by atoms with Gasteiger partial charge in [-0.3, -0.25) is 0 Å². The Balaban J connectivity index is 2.89. The molecule has 0 saturated carbocycles. The molecule has 86 valence electrons. The van der Waals surface area contributed by atoms with E-state index in [4.69, 9.17) is 22.0 Å². The minimum absolute atomic E-state index is 0.0890. The molecule has 0 amide bonds. The molecular weight excluding hydrogens is 226 g/mol. The van der Waals surface area contributed by atoms with Gasteiger partial charge in [0.1, 0.15) is 11.0 Å². The Kier molecular flexibility index (Phi) is 4.11. The lowest BCUT2D eigenvalue weighted by atomic mass is 10.0. The zero-order chi connectivity index (χ0) is 12.2. The molecule has 4 nitrogen and oxygen atoms in total. The van der Waals surface area contributed by atoms with Gasteiger partial charge in [0.15, 0.2) is 0 Å². The number of aliphatic hydroxyl groups excluding tert-OH is 1. The molecule has 0 aliphatic heterocycles. The van der Waals surface area contributed by atoms with Gasteiger partial charge in [-0.05, 0) is 32.4 Å². The maximum atomic E-state index is 8.90. The number of pyridine rings is 1. The second kappa shape index (κ2) is 5.15. The molecule has 0 radical (unpaired) electrons. The SMILES string of the molecule is CC(C)(CCO)Nc1cc(C#N)cc(Cl)n1. The highest BCUT2D eigenvalue weighted by molar-refractivity contribution is 6.29. The summed E-state index contributed by atoms with van der Waals surface area (Å²) in [5.74, 6) is 0.544. The third-order valence-electron chi connectivity index (χ3n) is 2.13. The zero-order valence-electron chi connectivity index (χ0n) is 9.29. The highest BCUT2D eigenvalue weighted by atomic mass is 35.5. The van der Waals surface area contributed by atoms with E-state index in [-0.39, 0.29) is 17.3 Å². The number of anilines is 1. The fourth-order valence-electron chi connectivity index (χ4n) is 1.31. The lowest BCUT2D eigenvalue weighted by molar-refractivity contribution is 0.260. The standard InChI is InChI=1S/C11H14ClN3O/c1-11(2,3-4-16)15-10-6-8(7-13)5-9(12)14-10/h5-6,16H,3-4H2,1-2H3,(H,14,15). The van der Waals surface area contributed by atoms with Crippen LogP contribution in [0.3, 0.4) is 0 Å². The van der Waals surface area contributed by atoms with E-state index in [1.807, 2.05) is 19.9 Å². The van der Waals surface area contributed by atoms with Crippen molar-refractivity contribution in [2.45, 2.75) is 25.8 Å². The molecular formula is C11H14ClN3O. The van der Waals surface area contributed by atoms with E-state index in [1.54, 1.807) is 6.07 Å². The molecule has 1 rings (SSSR count). The van der Waals surface area contributed by atoms with Crippen molar-refractivity contribution in [3.63, 3.8) is 0 Å². The van der Waals surface area contributed by atoms with Crippen LogP contribution in [0.15, 0.2) is 12.1 Å². The third kappa shape index (κ3) is 3.69. The van der Waals surface area contributed by atoms with Gasteiger partial charge in [-0.1, -0.05) is 11.6 Å². The molecule has 1 aromatic heterocycles. The summed E-state index contributed by atoms with van der Waals surface area (Å²) in [6, 6.07) is 5.15. The maximum Gasteiger partial charge on any atom is 0.132 e. The first kappa shape index (κ1) is 12.8. The summed E-state index contributed by atoms with van der Waals surface area (Å²) in [4.78, 5) is 4.07. The van der Waals surface area contributed by atoms with E-state index < -0.39 is 0 Å². The van der Waals surface area contributed by atoms with Crippen LogP contribution in [0.4, 0.5) is 5.82 Å². The molecule has 0 bridgehead atoms. The third-order valence-corrected chi connectivity index (χ3v) is 2.32. The van der Waals surface area contributed by atoms with Gasteiger partial charge in [0.25, 0.3) is 0 Å². The van der Waals surface area contributed by atoms with Gasteiger partial charge in [-0.15, -0.1) is 0 Å². The average Bonchev–Trinajstić information content (AvgIpc) is 2.15. The van der Waals surface area contributed by atoms with Crippen LogP contribution in [0.5, 0.6) is 0 Å². The monoisotopic (exact) mass is 239 g/mol. The van der Waals surface area contributed by atoms with Crippen LogP contribution in [-0.2, 0) is 0 Å². The Bertz CT molecular complexity index is 412. The highest BCUT2D eigenvalue weighted by Gasteiger charge is 2.17. The van der Waals surface area contributed by atoms with Crippen molar-refractivity contribution in [2.24, 2.45) is 0 Å². The summed E-state index contributed by atoms with van der Waals surface area (Å²) < 4.78 is 0. The number of nitriles is 1. The number of halogens is 1. The Hall–Kier alpha value is -1.31. The Morgan fingerprint density at radius 1 is 1.56 bits per heavy atom. The molecule has 0 aliphatic carbocycles. The number of nitrogens with zero attached hydrogens (tertiary/aromatic N) is 2. The molecule has 0 saturated heterocycles. The lowest BCUT2D eigenvalue weighted by Gasteiger charge is -2.26. The van der Waals surface area contributed by atoms with Gasteiger partial charge < -0.3 is 10.4 Å². The van der Waals surface area contributed by atoms with E-state index in [0.29, 0.717) is 17.8 Å². The topological polar surface area (TPSA) is 68.9 Å².